The highest BCUT2D eigenvalue weighted by molar-refractivity contribution is 14.1. The van der Waals surface area contributed by atoms with Crippen molar-refractivity contribution in [2.75, 3.05) is 11.5 Å². The van der Waals surface area contributed by atoms with Crippen LogP contribution in [0, 0.1) is 0 Å². The van der Waals surface area contributed by atoms with Crippen molar-refractivity contribution in [1.29, 1.82) is 0 Å². The lowest BCUT2D eigenvalue weighted by molar-refractivity contribution is 0.0971. The summed E-state index contributed by atoms with van der Waals surface area (Å²) >= 11 is 2.43. The van der Waals surface area contributed by atoms with Gasteiger partial charge in [0, 0.05) is 11.5 Å². The molecule has 0 amide bonds. The van der Waals surface area contributed by atoms with Crippen molar-refractivity contribution in [1.82, 2.24) is 0 Å². The van der Waals surface area contributed by atoms with E-state index >= 15 is 0 Å². The number of alkyl halides is 1. The van der Waals surface area contributed by atoms with Gasteiger partial charge in [0.25, 0.3) is 0 Å². The third-order valence-corrected chi connectivity index (χ3v) is 4.18. The Bertz CT molecular complexity index is 372. The Hall–Kier alpha value is -0.350. The number of hydrogen-bond acceptors (Lipinski definition) is 1. The Balaban J connectivity index is 2.68. The molecule has 0 aromatic heterocycles. The third kappa shape index (κ3) is 6.89. The molecule has 0 N–H and O–H groups in total. The predicted molar refractivity (Wildman–Crippen MR) is 97.5 cm³/mol. The van der Waals surface area contributed by atoms with Crippen LogP contribution in [0.5, 0.6) is 0 Å². The van der Waals surface area contributed by atoms with Crippen molar-refractivity contribution >= 4 is 28.2 Å². The first-order chi connectivity index (χ1) is 9.81. The molecule has 1 nitrogen and oxygen atoms in total. The van der Waals surface area contributed by atoms with Gasteiger partial charge in [0.1, 0.15) is 0 Å². The molecule has 0 aliphatic carbocycles. The van der Waals surface area contributed by atoms with Crippen LogP contribution < -0.4 is 0 Å². The van der Waals surface area contributed by atoms with Crippen molar-refractivity contribution in [2.45, 2.75) is 51.6 Å². The SMILES string of the molecule is CCCCCC(C/C(=C/CCI)c1ccccc1)OC. The second-order valence-electron chi connectivity index (χ2n) is 5.13. The Morgan fingerprint density at radius 3 is 2.60 bits per heavy atom. The Labute approximate surface area is 137 Å². The van der Waals surface area contributed by atoms with Gasteiger partial charge >= 0.3 is 0 Å². The molecular weight excluding hydrogens is 359 g/mol. The van der Waals surface area contributed by atoms with Gasteiger partial charge in [-0.2, -0.15) is 0 Å². The minimum Gasteiger partial charge on any atom is -0.381 e. The molecule has 0 bridgehead atoms. The predicted octanol–water partition coefficient (Wildman–Crippen LogP) is 5.88. The summed E-state index contributed by atoms with van der Waals surface area (Å²) in [4.78, 5) is 0. The van der Waals surface area contributed by atoms with Crippen LogP contribution in [0.1, 0.15) is 51.0 Å². The first-order valence-corrected chi connectivity index (χ1v) is 9.17. The maximum absolute atomic E-state index is 5.69. The van der Waals surface area contributed by atoms with Crippen molar-refractivity contribution in [3.05, 3.63) is 42.0 Å². The van der Waals surface area contributed by atoms with Crippen LogP contribution in [0.3, 0.4) is 0 Å². The first-order valence-electron chi connectivity index (χ1n) is 7.65. The average molecular weight is 386 g/mol. The molecule has 1 aromatic carbocycles. The highest BCUT2D eigenvalue weighted by Gasteiger charge is 2.11. The topological polar surface area (TPSA) is 9.23 Å². The van der Waals surface area contributed by atoms with Crippen LogP contribution in [0.2, 0.25) is 0 Å². The summed E-state index contributed by atoms with van der Waals surface area (Å²) in [5.41, 5.74) is 2.78. The van der Waals surface area contributed by atoms with Crippen LogP contribution in [-0.2, 0) is 4.74 Å². The molecule has 0 aliphatic heterocycles. The van der Waals surface area contributed by atoms with Crippen molar-refractivity contribution in [3.63, 3.8) is 0 Å². The van der Waals surface area contributed by atoms with Gasteiger partial charge in [-0.15, -0.1) is 0 Å². The summed E-state index contributed by atoms with van der Waals surface area (Å²) in [7, 11) is 1.84. The number of methoxy groups -OCH3 is 1. The minimum absolute atomic E-state index is 0.349. The van der Waals surface area contributed by atoms with E-state index in [-0.39, 0.29) is 0 Å². The van der Waals surface area contributed by atoms with Gasteiger partial charge in [-0.25, -0.2) is 0 Å². The van der Waals surface area contributed by atoms with Gasteiger partial charge in [0.05, 0.1) is 6.10 Å². The summed E-state index contributed by atoms with van der Waals surface area (Å²) in [5, 5.41) is 0. The molecule has 0 saturated carbocycles. The molecule has 0 saturated heterocycles. The van der Waals surface area contributed by atoms with E-state index in [9.17, 15) is 0 Å². The number of benzene rings is 1. The van der Waals surface area contributed by atoms with Crippen LogP contribution in [0.4, 0.5) is 0 Å². The van der Waals surface area contributed by atoms with Gasteiger partial charge in [-0.1, -0.05) is 85.2 Å². The lowest BCUT2D eigenvalue weighted by Crippen LogP contribution is -2.11. The maximum Gasteiger partial charge on any atom is 0.0611 e. The fourth-order valence-corrected chi connectivity index (χ4v) is 2.68. The zero-order valence-electron chi connectivity index (χ0n) is 12.8. The standard InChI is InChI=1S/C18H27IO/c1-3-4-6-13-18(20-2)15-17(12-9-14-19)16-10-7-5-8-11-16/h5,7-8,10-12,18H,3-4,6,9,13-15H2,1-2H3/b17-12-. The number of rotatable bonds is 10. The molecule has 20 heavy (non-hydrogen) atoms. The normalized spacial score (nSPS) is 13.4. The molecule has 1 unspecified atom stereocenters. The number of allylic oxidation sites excluding steroid dienone is 1. The molecule has 0 heterocycles. The molecule has 2 heteroatoms. The van der Waals surface area contributed by atoms with Crippen molar-refractivity contribution in [3.8, 4) is 0 Å². The van der Waals surface area contributed by atoms with Crippen molar-refractivity contribution in [2.24, 2.45) is 0 Å². The Kier molecular flexibility index (Phi) is 10.0. The van der Waals surface area contributed by atoms with Crippen LogP contribution >= 0.6 is 22.6 Å². The van der Waals surface area contributed by atoms with E-state index in [1.807, 2.05) is 7.11 Å². The third-order valence-electron chi connectivity index (χ3n) is 3.55. The summed E-state index contributed by atoms with van der Waals surface area (Å²) in [6.07, 6.45) is 9.90. The average Bonchev–Trinajstić information content (AvgIpc) is 2.50. The molecule has 0 aliphatic rings. The van der Waals surface area contributed by atoms with E-state index in [2.05, 4.69) is 65.9 Å². The van der Waals surface area contributed by atoms with E-state index in [0.717, 1.165) is 12.8 Å². The lowest BCUT2D eigenvalue weighted by atomic mass is 9.96. The molecular formula is C18H27IO. The molecule has 0 fully saturated rings. The van der Waals surface area contributed by atoms with E-state index in [1.54, 1.807) is 0 Å². The van der Waals surface area contributed by atoms with E-state index in [4.69, 9.17) is 4.74 Å². The van der Waals surface area contributed by atoms with Gasteiger partial charge in [0.2, 0.25) is 0 Å². The fraction of sp³-hybridized carbons (Fsp3) is 0.556. The molecule has 1 atom stereocenters. The zero-order chi connectivity index (χ0) is 14.6. The number of halogens is 1. The summed E-state index contributed by atoms with van der Waals surface area (Å²) in [5.74, 6) is 0. The number of ether oxygens (including phenoxy) is 1. The second kappa shape index (κ2) is 11.3. The monoisotopic (exact) mass is 386 g/mol. The van der Waals surface area contributed by atoms with Gasteiger partial charge in [-0.3, -0.25) is 0 Å². The Morgan fingerprint density at radius 1 is 1.25 bits per heavy atom. The van der Waals surface area contributed by atoms with Crippen LogP contribution in [-0.4, -0.2) is 17.6 Å². The quantitative estimate of drug-likeness (QED) is 0.277. The summed E-state index contributed by atoms with van der Waals surface area (Å²) in [6, 6.07) is 10.7. The van der Waals surface area contributed by atoms with Gasteiger partial charge in [0.15, 0.2) is 0 Å². The molecule has 1 rings (SSSR count). The maximum atomic E-state index is 5.69. The number of hydrogen-bond donors (Lipinski definition) is 0. The van der Waals surface area contributed by atoms with Crippen molar-refractivity contribution < 1.29 is 4.74 Å². The first kappa shape index (κ1) is 17.7. The van der Waals surface area contributed by atoms with Crippen LogP contribution in [0.25, 0.3) is 5.57 Å². The Morgan fingerprint density at radius 2 is 2.00 bits per heavy atom. The van der Waals surface area contributed by atoms with Gasteiger partial charge < -0.3 is 4.74 Å². The van der Waals surface area contributed by atoms with Gasteiger partial charge in [-0.05, 0) is 30.4 Å². The fourth-order valence-electron chi connectivity index (χ4n) is 2.37. The van der Waals surface area contributed by atoms with Crippen LogP contribution in [0.15, 0.2) is 36.4 Å². The zero-order valence-corrected chi connectivity index (χ0v) is 14.9. The molecule has 1 aromatic rings. The smallest absolute Gasteiger partial charge is 0.0611 e. The lowest BCUT2D eigenvalue weighted by Gasteiger charge is -2.18. The second-order valence-corrected chi connectivity index (χ2v) is 6.21. The molecule has 0 spiro atoms. The molecule has 0 radical (unpaired) electrons. The largest absolute Gasteiger partial charge is 0.381 e. The highest BCUT2D eigenvalue weighted by Crippen LogP contribution is 2.24. The minimum atomic E-state index is 0.349. The molecule has 112 valence electrons. The summed E-state index contributed by atoms with van der Waals surface area (Å²) in [6.45, 7) is 2.25. The number of unbranched alkanes of at least 4 members (excludes halogenated alkanes) is 2. The highest BCUT2D eigenvalue weighted by atomic mass is 127. The van der Waals surface area contributed by atoms with E-state index < -0.39 is 0 Å². The van der Waals surface area contributed by atoms with E-state index in [0.29, 0.717) is 6.10 Å². The summed E-state index contributed by atoms with van der Waals surface area (Å²) < 4.78 is 6.85. The van der Waals surface area contributed by atoms with E-state index in [1.165, 1.54) is 41.2 Å².